The highest BCUT2D eigenvalue weighted by molar-refractivity contribution is 5.94. The van der Waals surface area contributed by atoms with Gasteiger partial charge in [-0.05, 0) is 19.1 Å². The highest BCUT2D eigenvalue weighted by Crippen LogP contribution is 2.19. The van der Waals surface area contributed by atoms with Crippen LogP contribution in [0.5, 0.6) is 0 Å². The van der Waals surface area contributed by atoms with Gasteiger partial charge in [-0.25, -0.2) is 0 Å². The van der Waals surface area contributed by atoms with Crippen LogP contribution in [0.15, 0.2) is 47.6 Å². The summed E-state index contributed by atoms with van der Waals surface area (Å²) in [6, 6.07) is 6.80. The molecular formula is C16H17N5O3. The summed E-state index contributed by atoms with van der Waals surface area (Å²) < 4.78 is 6.29. The van der Waals surface area contributed by atoms with E-state index in [1.54, 1.807) is 55.3 Å². The van der Waals surface area contributed by atoms with Crippen molar-refractivity contribution in [2.24, 2.45) is 7.05 Å². The first kappa shape index (κ1) is 15.9. The lowest BCUT2D eigenvalue weighted by atomic mass is 9.99. The normalized spacial score (nSPS) is 13.5. The van der Waals surface area contributed by atoms with Gasteiger partial charge < -0.3 is 14.9 Å². The number of carbonyl (C=O) groups excluding carboxylic acids is 1. The topological polar surface area (TPSA) is 106 Å². The maximum absolute atomic E-state index is 12.2. The van der Waals surface area contributed by atoms with E-state index in [-0.39, 0.29) is 12.5 Å². The number of aliphatic hydroxyl groups is 1. The Labute approximate surface area is 138 Å². The summed E-state index contributed by atoms with van der Waals surface area (Å²) in [5, 5.41) is 21.0. The largest absolute Gasteiger partial charge is 0.383 e. The highest BCUT2D eigenvalue weighted by Gasteiger charge is 2.25. The highest BCUT2D eigenvalue weighted by atomic mass is 16.5. The van der Waals surface area contributed by atoms with Gasteiger partial charge in [-0.2, -0.15) is 10.1 Å². The third kappa shape index (κ3) is 3.33. The number of nitrogens with one attached hydrogen (secondary N) is 1. The first-order valence-corrected chi connectivity index (χ1v) is 7.32. The molecule has 2 heterocycles. The van der Waals surface area contributed by atoms with Crippen molar-refractivity contribution in [2.75, 3.05) is 6.54 Å². The van der Waals surface area contributed by atoms with Crippen molar-refractivity contribution >= 4 is 5.91 Å². The fourth-order valence-electron chi connectivity index (χ4n) is 2.22. The minimum Gasteiger partial charge on any atom is -0.383 e. The van der Waals surface area contributed by atoms with Crippen molar-refractivity contribution in [3.05, 3.63) is 54.2 Å². The molecule has 8 heteroatoms. The Morgan fingerprint density at radius 3 is 2.71 bits per heavy atom. The predicted molar refractivity (Wildman–Crippen MR) is 84.8 cm³/mol. The molecule has 1 aromatic carbocycles. The van der Waals surface area contributed by atoms with Gasteiger partial charge in [-0.15, -0.1) is 0 Å². The fraction of sp³-hybridized carbons (Fsp3) is 0.250. The van der Waals surface area contributed by atoms with Crippen LogP contribution in [0.1, 0.15) is 22.8 Å². The van der Waals surface area contributed by atoms with E-state index in [1.165, 1.54) is 6.39 Å². The van der Waals surface area contributed by atoms with E-state index in [1.807, 2.05) is 0 Å². The number of carbonyl (C=O) groups is 1. The molecule has 1 atom stereocenters. The third-order valence-electron chi connectivity index (χ3n) is 3.69. The van der Waals surface area contributed by atoms with E-state index >= 15 is 0 Å². The molecule has 0 aliphatic heterocycles. The second-order valence-electron chi connectivity index (χ2n) is 5.69. The molecule has 0 saturated heterocycles. The van der Waals surface area contributed by atoms with E-state index in [4.69, 9.17) is 4.52 Å². The molecule has 24 heavy (non-hydrogen) atoms. The van der Waals surface area contributed by atoms with Gasteiger partial charge in [0, 0.05) is 29.9 Å². The monoisotopic (exact) mass is 327 g/mol. The average molecular weight is 327 g/mol. The summed E-state index contributed by atoms with van der Waals surface area (Å²) in [6.07, 6.45) is 4.54. The lowest BCUT2D eigenvalue weighted by Crippen LogP contribution is -2.38. The molecular weight excluding hydrogens is 310 g/mol. The molecule has 124 valence electrons. The third-order valence-corrected chi connectivity index (χ3v) is 3.69. The van der Waals surface area contributed by atoms with E-state index in [0.29, 0.717) is 17.0 Å². The van der Waals surface area contributed by atoms with Crippen LogP contribution in [-0.4, -0.2) is 37.5 Å². The molecule has 1 amide bonds. The van der Waals surface area contributed by atoms with Crippen molar-refractivity contribution in [1.82, 2.24) is 25.2 Å². The minimum atomic E-state index is -1.20. The minimum absolute atomic E-state index is 0.0735. The van der Waals surface area contributed by atoms with Crippen LogP contribution in [0.3, 0.4) is 0 Å². The van der Waals surface area contributed by atoms with E-state index in [9.17, 15) is 9.90 Å². The zero-order valence-electron chi connectivity index (χ0n) is 13.3. The number of aryl methyl sites for hydroxylation is 1. The Morgan fingerprint density at radius 1 is 1.38 bits per heavy atom. The number of aromatic nitrogens is 4. The predicted octanol–water partition coefficient (Wildman–Crippen LogP) is 1.11. The zero-order valence-corrected chi connectivity index (χ0v) is 13.3. The van der Waals surface area contributed by atoms with Crippen molar-refractivity contribution in [1.29, 1.82) is 0 Å². The van der Waals surface area contributed by atoms with Crippen LogP contribution in [0.2, 0.25) is 0 Å². The molecule has 0 bridgehead atoms. The van der Waals surface area contributed by atoms with Gasteiger partial charge in [-0.3, -0.25) is 9.48 Å². The maximum Gasteiger partial charge on any atom is 0.251 e. The van der Waals surface area contributed by atoms with E-state index in [2.05, 4.69) is 20.6 Å². The first-order chi connectivity index (χ1) is 11.5. The number of amides is 1. The quantitative estimate of drug-likeness (QED) is 0.727. The van der Waals surface area contributed by atoms with Crippen LogP contribution in [0.25, 0.3) is 11.4 Å². The molecule has 0 spiro atoms. The van der Waals surface area contributed by atoms with Gasteiger partial charge in [-0.1, -0.05) is 17.3 Å². The van der Waals surface area contributed by atoms with Crippen LogP contribution in [0, 0.1) is 0 Å². The molecule has 2 N–H and O–H groups in total. The first-order valence-electron chi connectivity index (χ1n) is 7.32. The summed E-state index contributed by atoms with van der Waals surface area (Å²) in [5.41, 5.74) is 0.666. The Bertz CT molecular complexity index is 822. The van der Waals surface area contributed by atoms with Crippen molar-refractivity contribution in [3.8, 4) is 11.4 Å². The van der Waals surface area contributed by atoms with Gasteiger partial charge in [0.2, 0.25) is 12.2 Å². The van der Waals surface area contributed by atoms with Gasteiger partial charge in [0.1, 0.15) is 5.60 Å². The lowest BCUT2D eigenvalue weighted by molar-refractivity contribution is 0.0526. The van der Waals surface area contributed by atoms with Crippen molar-refractivity contribution < 1.29 is 14.4 Å². The fourth-order valence-corrected chi connectivity index (χ4v) is 2.22. The molecule has 0 saturated carbocycles. The van der Waals surface area contributed by atoms with E-state index < -0.39 is 5.60 Å². The van der Waals surface area contributed by atoms with Crippen molar-refractivity contribution in [2.45, 2.75) is 12.5 Å². The summed E-state index contributed by atoms with van der Waals surface area (Å²) >= 11 is 0. The number of rotatable bonds is 5. The Morgan fingerprint density at radius 2 is 2.12 bits per heavy atom. The smallest absolute Gasteiger partial charge is 0.251 e. The summed E-state index contributed by atoms with van der Waals surface area (Å²) in [6.45, 7) is 1.70. The van der Waals surface area contributed by atoms with E-state index in [0.717, 1.165) is 5.56 Å². The molecule has 1 unspecified atom stereocenters. The molecule has 0 aliphatic rings. The van der Waals surface area contributed by atoms with Crippen LogP contribution < -0.4 is 5.32 Å². The molecule has 0 aliphatic carbocycles. The molecule has 2 aromatic heterocycles. The van der Waals surface area contributed by atoms with Crippen LogP contribution >= 0.6 is 0 Å². The number of nitrogens with zero attached hydrogens (tertiary/aromatic N) is 4. The zero-order chi connectivity index (χ0) is 17.2. The van der Waals surface area contributed by atoms with Gasteiger partial charge >= 0.3 is 0 Å². The molecule has 3 rings (SSSR count). The molecule has 0 fully saturated rings. The second-order valence-corrected chi connectivity index (χ2v) is 5.69. The molecule has 3 aromatic rings. The summed E-state index contributed by atoms with van der Waals surface area (Å²) in [7, 11) is 1.77. The Balaban J connectivity index is 1.64. The van der Waals surface area contributed by atoms with Crippen LogP contribution in [0.4, 0.5) is 0 Å². The SMILES string of the molecule is Cn1cc(C(C)(O)CNC(=O)c2ccc(-c3ncon3)cc2)cn1. The second kappa shape index (κ2) is 6.25. The summed E-state index contributed by atoms with van der Waals surface area (Å²) in [5.74, 6) is 0.181. The standard InChI is InChI=1S/C16H17N5O3/c1-16(23,13-7-19-21(2)8-13)9-17-15(22)12-5-3-11(4-6-12)14-18-10-24-20-14/h3-8,10,23H,9H2,1-2H3,(H,17,22). The van der Waals surface area contributed by atoms with Crippen molar-refractivity contribution in [3.63, 3.8) is 0 Å². The lowest BCUT2D eigenvalue weighted by Gasteiger charge is -2.22. The van der Waals surface area contributed by atoms with Gasteiger partial charge in [0.05, 0.1) is 12.7 Å². The van der Waals surface area contributed by atoms with Gasteiger partial charge in [0.15, 0.2) is 0 Å². The molecule has 0 radical (unpaired) electrons. The number of hydrogen-bond donors (Lipinski definition) is 2. The Kier molecular flexibility index (Phi) is 4.13. The maximum atomic E-state index is 12.2. The van der Waals surface area contributed by atoms with Gasteiger partial charge in [0.25, 0.3) is 5.91 Å². The Hall–Kier alpha value is -3.00. The average Bonchev–Trinajstić information content (AvgIpc) is 3.24. The van der Waals surface area contributed by atoms with Crippen LogP contribution in [-0.2, 0) is 12.6 Å². The molecule has 8 nitrogen and oxygen atoms in total. The number of benzene rings is 1. The summed E-state index contributed by atoms with van der Waals surface area (Å²) in [4.78, 5) is 16.2. The number of hydrogen-bond acceptors (Lipinski definition) is 6.